The van der Waals surface area contributed by atoms with Gasteiger partial charge in [-0.3, -0.25) is 19.8 Å². The van der Waals surface area contributed by atoms with Crippen molar-refractivity contribution in [2.24, 2.45) is 0 Å². The smallest absolute Gasteiger partial charge is 0.270 e. The number of nitro groups is 1. The van der Waals surface area contributed by atoms with Crippen LogP contribution < -0.4 is 4.74 Å². The number of nitrogens with zero attached hydrogens (tertiary/aromatic N) is 2. The van der Waals surface area contributed by atoms with Gasteiger partial charge < -0.3 is 9.84 Å². The molecule has 0 saturated carbocycles. The molecular formula is C20H20N2O5. The zero-order valence-corrected chi connectivity index (χ0v) is 15.1. The van der Waals surface area contributed by atoms with Gasteiger partial charge in [0.25, 0.3) is 5.69 Å². The maximum absolute atomic E-state index is 12.7. The number of ether oxygens (including phenoxy) is 1. The van der Waals surface area contributed by atoms with E-state index in [-0.39, 0.29) is 23.0 Å². The third-order valence-electron chi connectivity index (χ3n) is 4.57. The van der Waals surface area contributed by atoms with E-state index in [4.69, 9.17) is 4.74 Å². The molecule has 0 unspecified atom stereocenters. The summed E-state index contributed by atoms with van der Waals surface area (Å²) in [6, 6.07) is 9.00. The quantitative estimate of drug-likeness (QED) is 0.474. The molecule has 2 aromatic rings. The monoisotopic (exact) mass is 368 g/mol. The van der Waals surface area contributed by atoms with E-state index in [1.54, 1.807) is 12.1 Å². The highest BCUT2D eigenvalue weighted by Crippen LogP contribution is 2.40. The number of allylic oxidation sites excluding steroid dienone is 1. The molecule has 0 radical (unpaired) electrons. The van der Waals surface area contributed by atoms with Crippen LogP contribution in [0.4, 0.5) is 5.69 Å². The van der Waals surface area contributed by atoms with Crippen LogP contribution in [0.5, 0.6) is 11.5 Å². The van der Waals surface area contributed by atoms with Gasteiger partial charge in [-0.1, -0.05) is 26.0 Å². The van der Waals surface area contributed by atoms with Crippen LogP contribution in [0.1, 0.15) is 35.3 Å². The number of hydrogen-bond acceptors (Lipinski definition) is 6. The molecule has 27 heavy (non-hydrogen) atoms. The molecule has 2 aromatic carbocycles. The van der Waals surface area contributed by atoms with Crippen molar-refractivity contribution in [1.29, 1.82) is 0 Å². The number of phenols is 1. The minimum atomic E-state index is -0.492. The first-order valence-electron chi connectivity index (χ1n) is 8.70. The van der Waals surface area contributed by atoms with E-state index in [2.05, 4.69) is 4.90 Å². The van der Waals surface area contributed by atoms with Crippen molar-refractivity contribution in [2.75, 3.05) is 13.1 Å². The van der Waals surface area contributed by atoms with Crippen LogP contribution in [0.3, 0.4) is 0 Å². The Morgan fingerprint density at radius 1 is 1.22 bits per heavy atom. The van der Waals surface area contributed by atoms with E-state index in [0.717, 1.165) is 13.1 Å². The number of nitro benzene ring substituents is 1. The molecule has 0 spiro atoms. The number of rotatable bonds is 6. The van der Waals surface area contributed by atoms with Gasteiger partial charge in [-0.25, -0.2) is 0 Å². The third-order valence-corrected chi connectivity index (χ3v) is 4.57. The third kappa shape index (κ3) is 3.68. The number of carbonyl (C=O) groups excluding carboxylic acids is 1. The second-order valence-electron chi connectivity index (χ2n) is 6.19. The Morgan fingerprint density at radius 2 is 1.96 bits per heavy atom. The summed E-state index contributed by atoms with van der Waals surface area (Å²) in [6.07, 6.45) is 1.48. The largest absolute Gasteiger partial charge is 0.507 e. The van der Waals surface area contributed by atoms with Crippen molar-refractivity contribution >= 4 is 17.5 Å². The maximum Gasteiger partial charge on any atom is 0.270 e. The molecule has 1 N–H and O–H groups in total. The minimum absolute atomic E-state index is 0.0628. The first kappa shape index (κ1) is 18.6. The van der Waals surface area contributed by atoms with Gasteiger partial charge in [-0.2, -0.15) is 0 Å². The number of ketones is 1. The van der Waals surface area contributed by atoms with E-state index in [9.17, 15) is 20.0 Å². The highest BCUT2D eigenvalue weighted by Gasteiger charge is 2.31. The van der Waals surface area contributed by atoms with E-state index < -0.39 is 4.92 Å². The van der Waals surface area contributed by atoms with Crippen LogP contribution in [0.2, 0.25) is 0 Å². The minimum Gasteiger partial charge on any atom is -0.507 e. The Labute approximate surface area is 156 Å². The second-order valence-corrected chi connectivity index (χ2v) is 6.19. The lowest BCUT2D eigenvalue weighted by Crippen LogP contribution is -2.22. The molecule has 0 saturated heterocycles. The fourth-order valence-electron chi connectivity index (χ4n) is 3.00. The van der Waals surface area contributed by atoms with Crippen molar-refractivity contribution in [3.8, 4) is 11.5 Å². The molecule has 0 bridgehead atoms. The van der Waals surface area contributed by atoms with Crippen LogP contribution >= 0.6 is 0 Å². The van der Waals surface area contributed by atoms with Gasteiger partial charge in [0.1, 0.15) is 11.5 Å². The van der Waals surface area contributed by atoms with E-state index in [1.807, 2.05) is 13.8 Å². The first-order valence-corrected chi connectivity index (χ1v) is 8.70. The number of Topliss-reactive ketones (excluding diaryl/α,β-unsaturated/α-hetero) is 1. The zero-order chi connectivity index (χ0) is 19.6. The molecule has 0 aromatic heterocycles. The Kier molecular flexibility index (Phi) is 5.23. The van der Waals surface area contributed by atoms with Crippen LogP contribution in [-0.2, 0) is 6.54 Å². The molecule has 0 atom stereocenters. The number of phenolic OH excluding ortho intramolecular Hbond substituents is 1. The van der Waals surface area contributed by atoms with Crippen molar-refractivity contribution in [1.82, 2.24) is 4.90 Å². The number of benzene rings is 2. The molecule has 140 valence electrons. The molecule has 7 heteroatoms. The SMILES string of the molecule is CCN(CC)Cc1c(O)ccc2c1O/C(=C/c1cccc([N+](=O)[O-])c1)C2=O. The van der Waals surface area contributed by atoms with Gasteiger partial charge in [0.2, 0.25) is 5.78 Å². The van der Waals surface area contributed by atoms with Crippen molar-refractivity contribution in [3.63, 3.8) is 0 Å². The first-order chi connectivity index (χ1) is 12.9. The number of aromatic hydroxyl groups is 1. The predicted octanol–water partition coefficient (Wildman–Crippen LogP) is 3.76. The number of fused-ring (bicyclic) bond motifs is 1. The number of carbonyl (C=O) groups is 1. The topological polar surface area (TPSA) is 92.9 Å². The molecular weight excluding hydrogens is 348 g/mol. The Morgan fingerprint density at radius 3 is 2.63 bits per heavy atom. The summed E-state index contributed by atoms with van der Waals surface area (Å²) in [6.45, 7) is 6.08. The van der Waals surface area contributed by atoms with Gasteiger partial charge in [0.05, 0.1) is 16.1 Å². The van der Waals surface area contributed by atoms with Crippen molar-refractivity contribution in [2.45, 2.75) is 20.4 Å². The summed E-state index contributed by atoms with van der Waals surface area (Å²) in [7, 11) is 0. The zero-order valence-electron chi connectivity index (χ0n) is 15.1. The summed E-state index contributed by atoms with van der Waals surface area (Å²) in [5.41, 5.74) is 1.38. The van der Waals surface area contributed by atoms with Crippen LogP contribution in [0.15, 0.2) is 42.2 Å². The molecule has 1 aliphatic rings. The molecule has 0 amide bonds. The van der Waals surface area contributed by atoms with Gasteiger partial charge in [-0.05, 0) is 36.9 Å². The fourth-order valence-corrected chi connectivity index (χ4v) is 3.00. The average Bonchev–Trinajstić information content (AvgIpc) is 2.97. The molecule has 1 heterocycles. The number of hydrogen-bond donors (Lipinski definition) is 1. The lowest BCUT2D eigenvalue weighted by Gasteiger charge is -2.20. The Balaban J connectivity index is 1.97. The van der Waals surface area contributed by atoms with Gasteiger partial charge in [0, 0.05) is 18.7 Å². The highest BCUT2D eigenvalue weighted by atomic mass is 16.6. The van der Waals surface area contributed by atoms with Crippen molar-refractivity contribution < 1.29 is 19.6 Å². The molecule has 3 rings (SSSR count). The second kappa shape index (κ2) is 7.59. The van der Waals surface area contributed by atoms with Gasteiger partial charge in [0.15, 0.2) is 5.76 Å². The lowest BCUT2D eigenvalue weighted by molar-refractivity contribution is -0.384. The van der Waals surface area contributed by atoms with E-state index in [0.29, 0.717) is 29.0 Å². The number of non-ortho nitro benzene ring substituents is 1. The van der Waals surface area contributed by atoms with Crippen LogP contribution in [-0.4, -0.2) is 33.8 Å². The van der Waals surface area contributed by atoms with Crippen LogP contribution in [0, 0.1) is 10.1 Å². The summed E-state index contributed by atoms with van der Waals surface area (Å²) in [5, 5.41) is 21.2. The summed E-state index contributed by atoms with van der Waals surface area (Å²) in [5.74, 6) is 0.197. The molecule has 0 aliphatic carbocycles. The summed E-state index contributed by atoms with van der Waals surface area (Å²) < 4.78 is 5.78. The highest BCUT2D eigenvalue weighted by molar-refractivity contribution is 6.15. The van der Waals surface area contributed by atoms with Crippen molar-refractivity contribution in [3.05, 3.63) is 69.0 Å². The van der Waals surface area contributed by atoms with E-state index in [1.165, 1.54) is 30.3 Å². The predicted molar refractivity (Wildman–Crippen MR) is 101 cm³/mol. The molecule has 7 nitrogen and oxygen atoms in total. The fraction of sp³-hybridized carbons (Fsp3) is 0.250. The van der Waals surface area contributed by atoms with Gasteiger partial charge >= 0.3 is 0 Å². The summed E-state index contributed by atoms with van der Waals surface area (Å²) >= 11 is 0. The molecule has 1 aliphatic heterocycles. The maximum atomic E-state index is 12.7. The van der Waals surface area contributed by atoms with Crippen LogP contribution in [0.25, 0.3) is 6.08 Å². The normalized spacial score (nSPS) is 14.5. The Hall–Kier alpha value is -3.19. The Bertz CT molecular complexity index is 932. The standard InChI is InChI=1S/C20H20N2O5/c1-3-21(4-2)12-16-17(23)9-8-15-19(24)18(27-20(15)16)11-13-6-5-7-14(10-13)22(25)26/h5-11,23H,3-4,12H2,1-2H3/b18-11+. The summed E-state index contributed by atoms with van der Waals surface area (Å²) in [4.78, 5) is 25.2. The van der Waals surface area contributed by atoms with Gasteiger partial charge in [-0.15, -0.1) is 0 Å². The van der Waals surface area contributed by atoms with E-state index >= 15 is 0 Å². The average molecular weight is 368 g/mol. The molecule has 0 fully saturated rings. The lowest BCUT2D eigenvalue weighted by atomic mass is 10.0.